The Hall–Kier alpha value is -0.900. The van der Waals surface area contributed by atoms with E-state index in [0.717, 1.165) is 51.9 Å². The van der Waals surface area contributed by atoms with Gasteiger partial charge in [0.15, 0.2) is 0 Å². The van der Waals surface area contributed by atoms with Crippen LogP contribution in [0.15, 0.2) is 24.3 Å². The molecule has 22 heavy (non-hydrogen) atoms. The lowest BCUT2D eigenvalue weighted by atomic mass is 9.77. The first-order valence-electron chi connectivity index (χ1n) is 8.62. The van der Waals surface area contributed by atoms with Gasteiger partial charge in [0.1, 0.15) is 0 Å². The number of aliphatic hydroxyl groups is 1. The fraction of sp³-hybridized carbons (Fsp3) is 0.684. The van der Waals surface area contributed by atoms with Crippen LogP contribution in [0.2, 0.25) is 0 Å². The molecular weight excluding hydrogens is 274 g/mol. The molecular formula is C19H31NO2. The lowest BCUT2D eigenvalue weighted by Gasteiger charge is -2.42. The van der Waals surface area contributed by atoms with E-state index in [0.29, 0.717) is 6.61 Å². The zero-order valence-electron chi connectivity index (χ0n) is 14.2. The molecule has 0 bridgehead atoms. The van der Waals surface area contributed by atoms with Crippen LogP contribution in [0.25, 0.3) is 0 Å². The first-order valence-corrected chi connectivity index (χ1v) is 8.62. The molecule has 0 aromatic heterocycles. The fourth-order valence-electron chi connectivity index (χ4n) is 3.75. The van der Waals surface area contributed by atoms with E-state index in [4.69, 9.17) is 4.74 Å². The molecule has 0 aliphatic carbocycles. The van der Waals surface area contributed by atoms with Gasteiger partial charge in [-0.25, -0.2) is 0 Å². The van der Waals surface area contributed by atoms with Crippen molar-refractivity contribution >= 4 is 0 Å². The summed E-state index contributed by atoms with van der Waals surface area (Å²) in [7, 11) is 1.75. The molecule has 0 radical (unpaired) electrons. The number of hydrogen-bond donors (Lipinski definition) is 1. The Balaban J connectivity index is 1.99. The maximum absolute atomic E-state index is 9.96. The van der Waals surface area contributed by atoms with E-state index in [2.05, 4.69) is 36.1 Å². The lowest BCUT2D eigenvalue weighted by Crippen LogP contribution is -2.45. The van der Waals surface area contributed by atoms with Crippen molar-refractivity contribution < 1.29 is 9.84 Å². The summed E-state index contributed by atoms with van der Waals surface area (Å²) >= 11 is 0. The van der Waals surface area contributed by atoms with Crippen LogP contribution in [-0.4, -0.2) is 43.4 Å². The van der Waals surface area contributed by atoms with Gasteiger partial charge >= 0.3 is 0 Å². The van der Waals surface area contributed by atoms with Crippen molar-refractivity contribution in [3.63, 3.8) is 0 Å². The summed E-state index contributed by atoms with van der Waals surface area (Å²) in [5, 5.41) is 9.96. The normalized spacial score (nSPS) is 22.9. The van der Waals surface area contributed by atoms with E-state index in [1.165, 1.54) is 17.5 Å². The molecule has 0 saturated carbocycles. The molecule has 0 amide bonds. The number of rotatable bonds is 8. The van der Waals surface area contributed by atoms with Crippen LogP contribution in [0.5, 0.6) is 0 Å². The average Bonchev–Trinajstić information content (AvgIpc) is 2.56. The first-order chi connectivity index (χ1) is 10.7. The predicted molar refractivity (Wildman–Crippen MR) is 91.0 cm³/mol. The number of nitrogens with zero attached hydrogens (tertiary/aromatic N) is 1. The topological polar surface area (TPSA) is 32.7 Å². The molecule has 124 valence electrons. The largest absolute Gasteiger partial charge is 0.396 e. The van der Waals surface area contributed by atoms with Gasteiger partial charge in [-0.3, -0.25) is 4.90 Å². The quantitative estimate of drug-likeness (QED) is 0.748. The SMILES string of the molecule is CCc1ccccc1CN1CCC[C@@](CO)(CCCOC)C1. The Morgan fingerprint density at radius 1 is 1.27 bits per heavy atom. The molecule has 1 N–H and O–H groups in total. The van der Waals surface area contributed by atoms with Crippen LogP contribution in [-0.2, 0) is 17.7 Å². The minimum atomic E-state index is 0.0674. The number of methoxy groups -OCH3 is 1. The summed E-state index contributed by atoms with van der Waals surface area (Å²) in [4.78, 5) is 2.53. The number of likely N-dealkylation sites (tertiary alicyclic amines) is 1. The van der Waals surface area contributed by atoms with E-state index in [9.17, 15) is 5.11 Å². The second kappa shape index (κ2) is 8.66. The second-order valence-corrected chi connectivity index (χ2v) is 6.69. The van der Waals surface area contributed by atoms with E-state index < -0.39 is 0 Å². The minimum Gasteiger partial charge on any atom is -0.396 e. The number of piperidine rings is 1. The Labute approximate surface area is 135 Å². The van der Waals surface area contributed by atoms with Crippen molar-refractivity contribution in [1.82, 2.24) is 4.90 Å². The maximum Gasteiger partial charge on any atom is 0.0499 e. The number of aryl methyl sites for hydroxylation is 1. The molecule has 0 spiro atoms. The molecule has 1 aliphatic heterocycles. The third-order valence-corrected chi connectivity index (χ3v) is 5.02. The van der Waals surface area contributed by atoms with Gasteiger partial charge in [-0.15, -0.1) is 0 Å². The van der Waals surface area contributed by atoms with Gasteiger partial charge in [-0.2, -0.15) is 0 Å². The van der Waals surface area contributed by atoms with Crippen molar-refractivity contribution in [1.29, 1.82) is 0 Å². The lowest BCUT2D eigenvalue weighted by molar-refractivity contribution is 0.0158. The number of aliphatic hydroxyl groups excluding tert-OH is 1. The van der Waals surface area contributed by atoms with Crippen molar-refractivity contribution in [3.8, 4) is 0 Å². The van der Waals surface area contributed by atoms with Crippen LogP contribution in [0.4, 0.5) is 0 Å². The van der Waals surface area contributed by atoms with Gasteiger partial charge in [0, 0.05) is 38.8 Å². The van der Waals surface area contributed by atoms with E-state index in [-0.39, 0.29) is 5.41 Å². The summed E-state index contributed by atoms with van der Waals surface area (Å²) in [5.41, 5.74) is 2.95. The van der Waals surface area contributed by atoms with Crippen LogP contribution < -0.4 is 0 Å². The summed E-state index contributed by atoms with van der Waals surface area (Å²) in [6, 6.07) is 8.74. The third-order valence-electron chi connectivity index (χ3n) is 5.02. The molecule has 1 saturated heterocycles. The van der Waals surface area contributed by atoms with Gasteiger partial charge in [0.25, 0.3) is 0 Å². The number of ether oxygens (including phenoxy) is 1. The van der Waals surface area contributed by atoms with Gasteiger partial charge in [-0.1, -0.05) is 31.2 Å². The summed E-state index contributed by atoms with van der Waals surface area (Å²) in [6.45, 7) is 6.46. The van der Waals surface area contributed by atoms with Crippen LogP contribution >= 0.6 is 0 Å². The van der Waals surface area contributed by atoms with E-state index >= 15 is 0 Å². The molecule has 2 rings (SSSR count). The highest BCUT2D eigenvalue weighted by Gasteiger charge is 2.34. The van der Waals surface area contributed by atoms with Crippen LogP contribution in [0.3, 0.4) is 0 Å². The van der Waals surface area contributed by atoms with Gasteiger partial charge < -0.3 is 9.84 Å². The summed E-state index contributed by atoms with van der Waals surface area (Å²) in [6.07, 6.45) is 5.50. The molecule has 1 fully saturated rings. The average molecular weight is 305 g/mol. The zero-order chi connectivity index (χ0) is 15.8. The highest BCUT2D eigenvalue weighted by atomic mass is 16.5. The van der Waals surface area contributed by atoms with Crippen molar-refractivity contribution in [2.75, 3.05) is 33.4 Å². The Kier molecular flexibility index (Phi) is 6.87. The zero-order valence-corrected chi connectivity index (χ0v) is 14.2. The Bertz CT molecular complexity index is 449. The molecule has 3 nitrogen and oxygen atoms in total. The molecule has 1 aromatic carbocycles. The van der Waals surface area contributed by atoms with Crippen LogP contribution in [0, 0.1) is 5.41 Å². The predicted octanol–water partition coefficient (Wildman–Crippen LogP) is 3.25. The van der Waals surface area contributed by atoms with Gasteiger partial charge in [-0.05, 0) is 49.8 Å². The van der Waals surface area contributed by atoms with Crippen LogP contribution in [0.1, 0.15) is 43.7 Å². The molecule has 3 heteroatoms. The Morgan fingerprint density at radius 3 is 2.73 bits per heavy atom. The highest BCUT2D eigenvalue weighted by Crippen LogP contribution is 2.35. The molecule has 0 unspecified atom stereocenters. The molecule has 1 aromatic rings. The highest BCUT2D eigenvalue weighted by molar-refractivity contribution is 5.27. The smallest absolute Gasteiger partial charge is 0.0499 e. The van der Waals surface area contributed by atoms with Gasteiger partial charge in [0.05, 0.1) is 0 Å². The van der Waals surface area contributed by atoms with Crippen molar-refractivity contribution in [2.24, 2.45) is 5.41 Å². The molecule has 1 aliphatic rings. The first kappa shape index (κ1) is 17.5. The second-order valence-electron chi connectivity index (χ2n) is 6.69. The van der Waals surface area contributed by atoms with Gasteiger partial charge in [0.2, 0.25) is 0 Å². The van der Waals surface area contributed by atoms with E-state index in [1.807, 2.05) is 0 Å². The van der Waals surface area contributed by atoms with Crippen molar-refractivity contribution in [2.45, 2.75) is 45.6 Å². The molecule has 1 heterocycles. The third kappa shape index (κ3) is 4.55. The van der Waals surface area contributed by atoms with Crippen molar-refractivity contribution in [3.05, 3.63) is 35.4 Å². The molecule has 1 atom stereocenters. The summed E-state index contributed by atoms with van der Waals surface area (Å²) < 4.78 is 5.18. The number of benzene rings is 1. The Morgan fingerprint density at radius 2 is 2.05 bits per heavy atom. The summed E-state index contributed by atoms with van der Waals surface area (Å²) in [5.74, 6) is 0. The monoisotopic (exact) mass is 305 g/mol. The number of hydrogen-bond acceptors (Lipinski definition) is 3. The van der Waals surface area contributed by atoms with E-state index in [1.54, 1.807) is 7.11 Å². The minimum absolute atomic E-state index is 0.0674. The maximum atomic E-state index is 9.96. The standard InChI is InChI=1S/C19H31NO2/c1-3-17-8-4-5-9-18(17)14-20-12-6-10-19(15-20,16-21)11-7-13-22-2/h4-5,8-9,21H,3,6-7,10-16H2,1-2H3/t19-/m1/s1. The fourth-order valence-corrected chi connectivity index (χ4v) is 3.75.